The van der Waals surface area contributed by atoms with Gasteiger partial charge in [-0.2, -0.15) is 0 Å². The Morgan fingerprint density at radius 3 is 0.902 bits per heavy atom. The Morgan fingerprint density at radius 1 is 0.333 bits per heavy atom. The van der Waals surface area contributed by atoms with Crippen molar-refractivity contribution in [1.29, 1.82) is 0 Å². The number of hydrogen-bond acceptors (Lipinski definition) is 3. The van der Waals surface area contributed by atoms with Crippen LogP contribution in [0, 0.1) is 0 Å². The number of aromatic nitrogens is 9. The molecule has 3 aromatic carbocycles. The zero-order valence-electron chi connectivity index (χ0n) is 28.1. The summed E-state index contributed by atoms with van der Waals surface area (Å²) in [5, 5.41) is 3.90. The molecule has 9 aromatic rings. The predicted molar refractivity (Wildman–Crippen MR) is 223 cm³/mol. The molecule has 6 aromatic heterocycles. The molecule has 9 nitrogen and oxygen atoms in total. The van der Waals surface area contributed by atoms with E-state index < -0.39 is 0 Å². The van der Waals surface area contributed by atoms with Crippen LogP contribution in [-0.4, -0.2) is 42.4 Å². The summed E-state index contributed by atoms with van der Waals surface area (Å²) in [5.41, 5.74) is 3.88. The van der Waals surface area contributed by atoms with Crippen molar-refractivity contribution in [3.63, 3.8) is 0 Å². The molecule has 0 radical (unpaired) electrons. The smallest absolute Gasteiger partial charge is 0.0946 e. The van der Waals surface area contributed by atoms with E-state index in [-0.39, 0.29) is 50.9 Å². The number of aryl methyl sites for hydroxylation is 6. The molecule has 0 spiro atoms. The van der Waals surface area contributed by atoms with Crippen LogP contribution in [0.4, 0.5) is 0 Å². The van der Waals surface area contributed by atoms with Crippen molar-refractivity contribution in [2.75, 3.05) is 0 Å². The largest absolute Gasteiger partial charge is 0.346 e. The maximum atomic E-state index is 4.04. The molecular weight excluding hydrogens is 834 g/mol. The molecule has 12 heteroatoms. The van der Waals surface area contributed by atoms with Crippen molar-refractivity contribution in [3.05, 3.63) is 166 Å². The molecule has 51 heavy (non-hydrogen) atoms. The van der Waals surface area contributed by atoms with Crippen LogP contribution in [0.2, 0.25) is 0 Å². The van der Waals surface area contributed by atoms with Gasteiger partial charge in [0.15, 0.2) is 0 Å². The summed E-state index contributed by atoms with van der Waals surface area (Å²) >= 11 is 0. The number of halogens is 3. The summed E-state index contributed by atoms with van der Waals surface area (Å²) in [6.45, 7) is 5.80. The number of fused-ring (bicyclic) bond motifs is 3. The summed E-state index contributed by atoms with van der Waals surface area (Å²) in [6, 6.07) is 31.8. The highest BCUT2D eigenvalue weighted by molar-refractivity contribution is 8.93. The van der Waals surface area contributed by atoms with Crippen LogP contribution in [0.3, 0.4) is 0 Å². The Bertz CT molecular complexity index is 2010. The Balaban J connectivity index is 0.000000167. The van der Waals surface area contributed by atoms with Gasteiger partial charge in [-0.3, -0.25) is 0 Å². The van der Waals surface area contributed by atoms with E-state index in [2.05, 4.69) is 152 Å². The molecule has 0 N–H and O–H groups in total. The third kappa shape index (κ3) is 10.2. The van der Waals surface area contributed by atoms with Crippen molar-refractivity contribution >= 4 is 83.7 Å². The quantitative estimate of drug-likeness (QED) is 0.145. The van der Waals surface area contributed by atoms with Gasteiger partial charge in [0.1, 0.15) is 0 Å². The number of rotatable bonds is 9. The minimum atomic E-state index is 0. The second kappa shape index (κ2) is 19.7. The van der Waals surface area contributed by atoms with E-state index in [0.29, 0.717) is 0 Å². The van der Waals surface area contributed by atoms with E-state index in [0.717, 1.165) is 39.3 Å². The molecular formula is C39H42Br3N9. The minimum absolute atomic E-state index is 0. The molecule has 0 amide bonds. The van der Waals surface area contributed by atoms with Gasteiger partial charge < -0.3 is 27.4 Å². The first-order valence-electron chi connectivity index (χ1n) is 16.3. The summed E-state index contributed by atoms with van der Waals surface area (Å²) in [6.07, 6.45) is 23.4. The van der Waals surface area contributed by atoms with Crippen molar-refractivity contribution in [2.45, 2.75) is 39.3 Å². The second-order valence-corrected chi connectivity index (χ2v) is 11.6. The van der Waals surface area contributed by atoms with Gasteiger partial charge in [0.25, 0.3) is 0 Å². The van der Waals surface area contributed by atoms with Gasteiger partial charge >= 0.3 is 0 Å². The van der Waals surface area contributed by atoms with E-state index in [9.17, 15) is 0 Å². The molecule has 9 rings (SSSR count). The lowest BCUT2D eigenvalue weighted by atomic mass is 10.2. The number of imidazole rings is 3. The minimum Gasteiger partial charge on any atom is -0.346 e. The fraction of sp³-hybridized carbons (Fsp3) is 0.154. The van der Waals surface area contributed by atoms with Crippen LogP contribution in [0.5, 0.6) is 0 Å². The Labute approximate surface area is 329 Å². The van der Waals surface area contributed by atoms with Crippen LogP contribution in [0.15, 0.2) is 166 Å². The lowest BCUT2D eigenvalue weighted by Gasteiger charge is -2.05. The molecule has 0 aliphatic carbocycles. The normalized spacial score (nSPS) is 10.4. The molecule has 0 aliphatic heterocycles. The maximum absolute atomic E-state index is 4.04. The Morgan fingerprint density at radius 2 is 0.627 bits per heavy atom. The summed E-state index contributed by atoms with van der Waals surface area (Å²) in [7, 11) is 0. The zero-order chi connectivity index (χ0) is 32.4. The molecule has 6 heterocycles. The molecule has 264 valence electrons. The van der Waals surface area contributed by atoms with Gasteiger partial charge in [-0.1, -0.05) is 54.6 Å². The number of nitrogens with zero attached hydrogens (tertiary/aromatic N) is 9. The van der Waals surface area contributed by atoms with Gasteiger partial charge in [-0.25, -0.2) is 15.0 Å². The monoisotopic (exact) mass is 873 g/mol. The van der Waals surface area contributed by atoms with Gasteiger partial charge in [-0.15, -0.1) is 50.9 Å². The Kier molecular flexibility index (Phi) is 15.1. The average Bonchev–Trinajstić information content (AvgIpc) is 3.99. The van der Waals surface area contributed by atoms with E-state index in [1.54, 1.807) is 0 Å². The molecule has 0 saturated heterocycles. The maximum Gasteiger partial charge on any atom is 0.0946 e. The van der Waals surface area contributed by atoms with Crippen LogP contribution >= 0.6 is 50.9 Å². The first kappa shape index (κ1) is 39.1. The zero-order valence-corrected chi connectivity index (χ0v) is 33.2. The fourth-order valence-corrected chi connectivity index (χ4v) is 5.93. The van der Waals surface area contributed by atoms with Crippen molar-refractivity contribution in [2.24, 2.45) is 0 Å². The topological polar surface area (TPSA) is 68.2 Å². The third-order valence-electron chi connectivity index (χ3n) is 8.52. The lowest BCUT2D eigenvalue weighted by molar-refractivity contribution is 0.592. The van der Waals surface area contributed by atoms with Crippen LogP contribution in [0.1, 0.15) is 0 Å². The second-order valence-electron chi connectivity index (χ2n) is 11.6. The lowest BCUT2D eigenvalue weighted by Crippen LogP contribution is -2.04. The van der Waals surface area contributed by atoms with E-state index >= 15 is 0 Å². The molecule has 0 unspecified atom stereocenters. The highest BCUT2D eigenvalue weighted by atomic mass is 79.9. The molecule has 0 bridgehead atoms. The SMILES string of the molecule is Br.Br.Br.c1ccc2c(c1)ccn2CCn1ccnc1.c1ccc2c(c1)ccn2CCn1ccnc1.c1ccc2c(c1)ccn2CCn1ccnc1. The molecule has 0 aliphatic rings. The highest BCUT2D eigenvalue weighted by Gasteiger charge is 2.01. The third-order valence-corrected chi connectivity index (χ3v) is 8.52. The van der Waals surface area contributed by atoms with E-state index in [1.807, 2.05) is 56.2 Å². The van der Waals surface area contributed by atoms with Crippen molar-refractivity contribution in [3.8, 4) is 0 Å². The van der Waals surface area contributed by atoms with Gasteiger partial charge in [0.2, 0.25) is 0 Å². The summed E-state index contributed by atoms with van der Waals surface area (Å²) in [5.74, 6) is 0. The predicted octanol–water partition coefficient (Wildman–Crippen LogP) is 9.35. The number of benzene rings is 3. The Hall–Kier alpha value is -4.65. The van der Waals surface area contributed by atoms with E-state index in [1.165, 1.54) is 32.7 Å². The first-order chi connectivity index (χ1) is 23.8. The van der Waals surface area contributed by atoms with Gasteiger partial charge in [0.05, 0.1) is 19.0 Å². The van der Waals surface area contributed by atoms with E-state index in [4.69, 9.17) is 0 Å². The summed E-state index contributed by atoms with van der Waals surface area (Å²) < 4.78 is 13.1. The summed E-state index contributed by atoms with van der Waals surface area (Å²) in [4.78, 5) is 12.1. The molecule has 0 saturated carbocycles. The first-order valence-corrected chi connectivity index (χ1v) is 16.3. The van der Waals surface area contributed by atoms with Crippen LogP contribution in [0.25, 0.3) is 32.7 Å². The average molecular weight is 877 g/mol. The molecule has 0 fully saturated rings. The number of para-hydroxylation sites is 3. The standard InChI is InChI=1S/3C13H13N3.3BrH/c3*1-2-4-13-12(3-1)5-7-16(13)10-9-15-8-6-14-11-15;;;/h3*1-8,11H,9-10H2;3*1H. The van der Waals surface area contributed by atoms with Crippen molar-refractivity contribution < 1.29 is 0 Å². The van der Waals surface area contributed by atoms with Gasteiger partial charge in [0, 0.05) is 112 Å². The highest BCUT2D eigenvalue weighted by Crippen LogP contribution is 2.17. The van der Waals surface area contributed by atoms with Crippen molar-refractivity contribution in [1.82, 2.24) is 42.4 Å². The number of hydrogen-bond donors (Lipinski definition) is 0. The fourth-order valence-electron chi connectivity index (χ4n) is 5.93. The van der Waals surface area contributed by atoms with Crippen LogP contribution in [-0.2, 0) is 39.3 Å². The van der Waals surface area contributed by atoms with Crippen LogP contribution < -0.4 is 0 Å². The molecule has 0 atom stereocenters. The van der Waals surface area contributed by atoms with Gasteiger partial charge in [-0.05, 0) is 52.6 Å².